The summed E-state index contributed by atoms with van der Waals surface area (Å²) in [4.78, 5) is 11.4. The van der Waals surface area contributed by atoms with Gasteiger partial charge < -0.3 is 4.74 Å². The van der Waals surface area contributed by atoms with E-state index < -0.39 is 0 Å². The van der Waals surface area contributed by atoms with Gasteiger partial charge in [-0.2, -0.15) is 0 Å². The Hall–Kier alpha value is -0.530. The van der Waals surface area contributed by atoms with Crippen LogP contribution in [0.25, 0.3) is 0 Å². The SMILES string of the molecule is CC1(C)CCCC2C3CC(=O)OC3CCC21. The number of carbonyl (C=O) groups is 1. The van der Waals surface area contributed by atoms with E-state index in [0.29, 0.717) is 17.8 Å². The lowest BCUT2D eigenvalue weighted by atomic mass is 9.55. The smallest absolute Gasteiger partial charge is 0.306 e. The molecule has 0 aromatic rings. The van der Waals surface area contributed by atoms with Crippen molar-refractivity contribution in [1.82, 2.24) is 0 Å². The maximum atomic E-state index is 11.4. The molecule has 3 aliphatic rings. The highest BCUT2D eigenvalue weighted by Crippen LogP contribution is 2.55. The van der Waals surface area contributed by atoms with Gasteiger partial charge in [0.1, 0.15) is 6.10 Å². The van der Waals surface area contributed by atoms with Crippen LogP contribution in [0, 0.1) is 23.2 Å². The molecule has 0 N–H and O–H groups in total. The molecule has 0 amide bonds. The van der Waals surface area contributed by atoms with E-state index in [1.165, 1.54) is 25.7 Å². The first-order valence-electron chi connectivity index (χ1n) is 6.77. The molecular weight excluding hydrogens is 200 g/mol. The molecule has 4 unspecified atom stereocenters. The van der Waals surface area contributed by atoms with Gasteiger partial charge in [0.15, 0.2) is 0 Å². The van der Waals surface area contributed by atoms with Gasteiger partial charge in [0.2, 0.25) is 0 Å². The topological polar surface area (TPSA) is 26.3 Å². The summed E-state index contributed by atoms with van der Waals surface area (Å²) in [6, 6.07) is 0. The van der Waals surface area contributed by atoms with Crippen LogP contribution in [0.3, 0.4) is 0 Å². The summed E-state index contributed by atoms with van der Waals surface area (Å²) in [5.41, 5.74) is 0.486. The second kappa shape index (κ2) is 3.48. The van der Waals surface area contributed by atoms with E-state index in [0.717, 1.165) is 18.3 Å². The fourth-order valence-corrected chi connectivity index (χ4v) is 4.55. The van der Waals surface area contributed by atoms with Gasteiger partial charge in [0.25, 0.3) is 0 Å². The second-order valence-electron chi connectivity index (χ2n) is 6.62. The minimum Gasteiger partial charge on any atom is -0.462 e. The Labute approximate surface area is 97.7 Å². The van der Waals surface area contributed by atoms with Gasteiger partial charge in [0.05, 0.1) is 6.42 Å². The third-order valence-electron chi connectivity index (χ3n) is 5.35. The molecule has 4 atom stereocenters. The first-order chi connectivity index (χ1) is 7.58. The van der Waals surface area contributed by atoms with Crippen LogP contribution in [0.4, 0.5) is 0 Å². The van der Waals surface area contributed by atoms with E-state index in [-0.39, 0.29) is 12.1 Å². The molecule has 2 aliphatic carbocycles. The van der Waals surface area contributed by atoms with Crippen LogP contribution in [0.2, 0.25) is 0 Å². The molecule has 1 heterocycles. The predicted molar refractivity (Wildman–Crippen MR) is 61.8 cm³/mol. The van der Waals surface area contributed by atoms with Gasteiger partial charge in [-0.05, 0) is 42.9 Å². The minimum absolute atomic E-state index is 0.0547. The third-order valence-corrected chi connectivity index (χ3v) is 5.35. The molecule has 0 bridgehead atoms. The van der Waals surface area contributed by atoms with Crippen molar-refractivity contribution >= 4 is 5.97 Å². The molecule has 1 saturated heterocycles. The molecule has 2 heteroatoms. The third kappa shape index (κ3) is 1.49. The van der Waals surface area contributed by atoms with Crippen LogP contribution in [0.1, 0.15) is 52.4 Å². The molecule has 1 aliphatic heterocycles. The summed E-state index contributed by atoms with van der Waals surface area (Å²) in [5.74, 6) is 2.19. The van der Waals surface area contributed by atoms with E-state index in [4.69, 9.17) is 4.74 Å². The summed E-state index contributed by atoms with van der Waals surface area (Å²) in [5, 5.41) is 0. The normalized spacial score (nSPS) is 45.8. The fourth-order valence-electron chi connectivity index (χ4n) is 4.55. The predicted octanol–water partition coefficient (Wildman–Crippen LogP) is 3.15. The minimum atomic E-state index is 0.0547. The Morgan fingerprint density at radius 3 is 2.81 bits per heavy atom. The van der Waals surface area contributed by atoms with Gasteiger partial charge in [0, 0.05) is 5.92 Å². The summed E-state index contributed by atoms with van der Waals surface area (Å²) < 4.78 is 5.44. The van der Waals surface area contributed by atoms with E-state index >= 15 is 0 Å². The summed E-state index contributed by atoms with van der Waals surface area (Å²) >= 11 is 0. The van der Waals surface area contributed by atoms with Crippen molar-refractivity contribution in [3.63, 3.8) is 0 Å². The average molecular weight is 222 g/mol. The van der Waals surface area contributed by atoms with Gasteiger partial charge in [-0.15, -0.1) is 0 Å². The van der Waals surface area contributed by atoms with Crippen LogP contribution in [-0.4, -0.2) is 12.1 Å². The Morgan fingerprint density at radius 1 is 1.19 bits per heavy atom. The van der Waals surface area contributed by atoms with E-state index in [2.05, 4.69) is 13.8 Å². The number of esters is 1. The number of ether oxygens (including phenoxy) is 1. The Kier molecular flexibility index (Phi) is 2.31. The Bertz CT molecular complexity index is 308. The molecule has 0 aromatic heterocycles. The molecule has 90 valence electrons. The second-order valence-corrected chi connectivity index (χ2v) is 6.62. The quantitative estimate of drug-likeness (QED) is 0.588. The molecule has 0 spiro atoms. The van der Waals surface area contributed by atoms with E-state index in [1.54, 1.807) is 0 Å². The lowest BCUT2D eigenvalue weighted by Gasteiger charge is -2.50. The van der Waals surface area contributed by atoms with Gasteiger partial charge in [-0.3, -0.25) is 4.79 Å². The number of carbonyl (C=O) groups excluding carboxylic acids is 1. The van der Waals surface area contributed by atoms with Crippen molar-refractivity contribution in [2.45, 2.75) is 58.5 Å². The van der Waals surface area contributed by atoms with Gasteiger partial charge in [-0.25, -0.2) is 0 Å². The first kappa shape index (κ1) is 10.6. The number of hydrogen-bond donors (Lipinski definition) is 0. The van der Waals surface area contributed by atoms with Gasteiger partial charge in [-0.1, -0.05) is 20.3 Å². The van der Waals surface area contributed by atoms with Crippen LogP contribution in [0.15, 0.2) is 0 Å². The zero-order valence-electron chi connectivity index (χ0n) is 10.4. The standard InChI is InChI=1S/C14H22O2/c1-14(2)7-3-4-9-10-8-13(15)16-12(10)6-5-11(9)14/h9-12H,3-8H2,1-2H3. The largest absolute Gasteiger partial charge is 0.462 e. The van der Waals surface area contributed by atoms with Crippen LogP contribution >= 0.6 is 0 Å². The Morgan fingerprint density at radius 2 is 2.00 bits per heavy atom. The van der Waals surface area contributed by atoms with Gasteiger partial charge >= 0.3 is 5.97 Å². The zero-order valence-corrected chi connectivity index (χ0v) is 10.4. The van der Waals surface area contributed by atoms with Crippen molar-refractivity contribution in [3.8, 4) is 0 Å². The maximum Gasteiger partial charge on any atom is 0.306 e. The lowest BCUT2D eigenvalue weighted by molar-refractivity contribution is -0.143. The Balaban J connectivity index is 1.85. The number of rotatable bonds is 0. The van der Waals surface area contributed by atoms with Crippen molar-refractivity contribution in [3.05, 3.63) is 0 Å². The van der Waals surface area contributed by atoms with Crippen molar-refractivity contribution in [2.24, 2.45) is 23.2 Å². The van der Waals surface area contributed by atoms with Crippen molar-refractivity contribution in [1.29, 1.82) is 0 Å². The highest BCUT2D eigenvalue weighted by atomic mass is 16.5. The lowest BCUT2D eigenvalue weighted by Crippen LogP contribution is -2.44. The molecule has 3 rings (SSSR count). The summed E-state index contributed by atoms with van der Waals surface area (Å²) in [6.45, 7) is 4.84. The molecular formula is C14H22O2. The highest BCUT2D eigenvalue weighted by molar-refractivity contribution is 5.72. The molecule has 0 aromatic carbocycles. The van der Waals surface area contributed by atoms with Crippen LogP contribution in [-0.2, 0) is 9.53 Å². The van der Waals surface area contributed by atoms with Crippen molar-refractivity contribution in [2.75, 3.05) is 0 Å². The zero-order chi connectivity index (χ0) is 11.3. The van der Waals surface area contributed by atoms with E-state index in [1.807, 2.05) is 0 Å². The molecule has 2 nitrogen and oxygen atoms in total. The maximum absolute atomic E-state index is 11.4. The first-order valence-corrected chi connectivity index (χ1v) is 6.77. The van der Waals surface area contributed by atoms with Crippen molar-refractivity contribution < 1.29 is 9.53 Å². The molecule has 2 saturated carbocycles. The van der Waals surface area contributed by atoms with Crippen LogP contribution < -0.4 is 0 Å². The summed E-state index contributed by atoms with van der Waals surface area (Å²) in [6.07, 6.45) is 7.37. The fraction of sp³-hybridized carbons (Fsp3) is 0.929. The number of hydrogen-bond acceptors (Lipinski definition) is 2. The van der Waals surface area contributed by atoms with Crippen LogP contribution in [0.5, 0.6) is 0 Å². The monoisotopic (exact) mass is 222 g/mol. The molecule has 0 radical (unpaired) electrons. The number of fused-ring (bicyclic) bond motifs is 3. The molecule has 3 fully saturated rings. The average Bonchev–Trinajstić information content (AvgIpc) is 2.58. The van der Waals surface area contributed by atoms with E-state index in [9.17, 15) is 4.79 Å². The molecule has 16 heavy (non-hydrogen) atoms. The highest BCUT2D eigenvalue weighted by Gasteiger charge is 2.51. The summed E-state index contributed by atoms with van der Waals surface area (Å²) in [7, 11) is 0.